The second-order valence-corrected chi connectivity index (χ2v) is 5.94. The van der Waals surface area contributed by atoms with Crippen molar-refractivity contribution in [3.05, 3.63) is 36.2 Å². The number of nitrogens with one attached hydrogen (secondary N) is 1. The molecule has 4 rings (SSSR count). The molecule has 3 nitrogen and oxygen atoms in total. The lowest BCUT2D eigenvalue weighted by Gasteiger charge is -2.14. The van der Waals surface area contributed by atoms with E-state index in [0.29, 0.717) is 5.41 Å². The Bertz CT molecular complexity index is 564. The molecule has 0 unspecified atom stereocenters. The standard InChI is InChI=1S/C15H19N3/c1-2-8-18-14(3-1)12(10-17-18)9-16-11-15(6-7-15)13-4-5-13/h1-3,8,10,13,16H,4-7,9,11H2. The fraction of sp³-hybridized carbons (Fsp3) is 0.533. The van der Waals surface area contributed by atoms with Gasteiger partial charge in [0.25, 0.3) is 0 Å². The molecule has 94 valence electrons. The summed E-state index contributed by atoms with van der Waals surface area (Å²) in [5.41, 5.74) is 3.21. The lowest BCUT2D eigenvalue weighted by Crippen LogP contribution is -2.24. The predicted octanol–water partition coefficient (Wildman–Crippen LogP) is 2.61. The van der Waals surface area contributed by atoms with Crippen LogP contribution in [0.2, 0.25) is 0 Å². The van der Waals surface area contributed by atoms with Crippen molar-refractivity contribution >= 4 is 5.52 Å². The van der Waals surface area contributed by atoms with Gasteiger partial charge in [-0.25, -0.2) is 4.52 Å². The smallest absolute Gasteiger partial charge is 0.0706 e. The van der Waals surface area contributed by atoms with Gasteiger partial charge in [-0.3, -0.25) is 0 Å². The van der Waals surface area contributed by atoms with Gasteiger partial charge in [-0.05, 0) is 49.1 Å². The molecule has 1 N–H and O–H groups in total. The van der Waals surface area contributed by atoms with Crippen molar-refractivity contribution < 1.29 is 0 Å². The van der Waals surface area contributed by atoms with E-state index in [1.807, 2.05) is 23.0 Å². The molecule has 2 aromatic rings. The van der Waals surface area contributed by atoms with Crippen molar-refractivity contribution in [2.75, 3.05) is 6.54 Å². The Morgan fingerprint density at radius 2 is 2.22 bits per heavy atom. The van der Waals surface area contributed by atoms with Crippen LogP contribution in [0, 0.1) is 11.3 Å². The minimum Gasteiger partial charge on any atom is -0.312 e. The Hall–Kier alpha value is -1.35. The monoisotopic (exact) mass is 241 g/mol. The topological polar surface area (TPSA) is 29.3 Å². The van der Waals surface area contributed by atoms with Crippen LogP contribution in [0.25, 0.3) is 5.52 Å². The Balaban J connectivity index is 1.42. The van der Waals surface area contributed by atoms with Gasteiger partial charge in [-0.2, -0.15) is 5.10 Å². The van der Waals surface area contributed by atoms with E-state index in [1.54, 1.807) is 0 Å². The summed E-state index contributed by atoms with van der Waals surface area (Å²) in [6.07, 6.45) is 9.82. The number of rotatable bonds is 5. The molecule has 3 heteroatoms. The maximum absolute atomic E-state index is 4.37. The van der Waals surface area contributed by atoms with E-state index in [-0.39, 0.29) is 0 Å². The summed E-state index contributed by atoms with van der Waals surface area (Å²) in [5.74, 6) is 1.04. The molecule has 0 atom stereocenters. The maximum Gasteiger partial charge on any atom is 0.0706 e. The van der Waals surface area contributed by atoms with Crippen molar-refractivity contribution in [3.8, 4) is 0 Å². The van der Waals surface area contributed by atoms with Crippen LogP contribution in [0.3, 0.4) is 0 Å². The first-order valence-electron chi connectivity index (χ1n) is 6.99. The third-order valence-electron chi connectivity index (χ3n) is 4.63. The zero-order valence-corrected chi connectivity index (χ0v) is 10.6. The first kappa shape index (κ1) is 10.6. The summed E-state index contributed by atoms with van der Waals surface area (Å²) in [7, 11) is 0. The van der Waals surface area contributed by atoms with Gasteiger partial charge in [-0.1, -0.05) is 6.07 Å². The third-order valence-corrected chi connectivity index (χ3v) is 4.63. The third kappa shape index (κ3) is 1.74. The Morgan fingerprint density at radius 1 is 1.33 bits per heavy atom. The Kier molecular flexibility index (Phi) is 2.24. The highest BCUT2D eigenvalue weighted by Crippen LogP contribution is 2.60. The van der Waals surface area contributed by atoms with Gasteiger partial charge >= 0.3 is 0 Å². The molecule has 0 aliphatic heterocycles. The molecule has 0 bridgehead atoms. The zero-order chi connectivity index (χ0) is 12.0. The summed E-state index contributed by atoms with van der Waals surface area (Å²) in [5, 5.41) is 8.02. The van der Waals surface area contributed by atoms with E-state index in [4.69, 9.17) is 0 Å². The van der Waals surface area contributed by atoms with Gasteiger partial charge in [-0.15, -0.1) is 0 Å². The van der Waals surface area contributed by atoms with Gasteiger partial charge in [0.1, 0.15) is 0 Å². The fourth-order valence-electron chi connectivity index (χ4n) is 3.16. The number of hydrogen-bond acceptors (Lipinski definition) is 2. The minimum absolute atomic E-state index is 0.683. The second kappa shape index (κ2) is 3.82. The summed E-state index contributed by atoms with van der Waals surface area (Å²) in [6, 6.07) is 6.23. The van der Waals surface area contributed by atoms with Crippen LogP contribution in [0.5, 0.6) is 0 Å². The van der Waals surface area contributed by atoms with E-state index >= 15 is 0 Å². The molecule has 2 aromatic heterocycles. The van der Waals surface area contributed by atoms with Crippen molar-refractivity contribution in [1.29, 1.82) is 0 Å². The summed E-state index contributed by atoms with van der Waals surface area (Å²) in [4.78, 5) is 0. The molecular weight excluding hydrogens is 222 g/mol. The minimum atomic E-state index is 0.683. The molecule has 0 spiro atoms. The lowest BCUT2D eigenvalue weighted by molar-refractivity contribution is 0.404. The van der Waals surface area contributed by atoms with E-state index in [9.17, 15) is 0 Å². The van der Waals surface area contributed by atoms with Crippen molar-refractivity contribution in [3.63, 3.8) is 0 Å². The Labute approximate surface area is 107 Å². The van der Waals surface area contributed by atoms with Gasteiger partial charge in [0.05, 0.1) is 11.7 Å². The number of aromatic nitrogens is 2. The molecule has 2 heterocycles. The van der Waals surface area contributed by atoms with Crippen LogP contribution in [-0.4, -0.2) is 16.2 Å². The van der Waals surface area contributed by atoms with Gasteiger partial charge < -0.3 is 5.32 Å². The zero-order valence-electron chi connectivity index (χ0n) is 10.6. The molecule has 0 aromatic carbocycles. The van der Waals surface area contributed by atoms with Crippen LogP contribution in [-0.2, 0) is 6.54 Å². The molecule has 2 fully saturated rings. The molecule has 0 amide bonds. The van der Waals surface area contributed by atoms with Crippen LogP contribution < -0.4 is 5.32 Å². The highest BCUT2D eigenvalue weighted by molar-refractivity contribution is 5.53. The molecule has 0 saturated heterocycles. The molecular formula is C15H19N3. The molecule has 2 aliphatic carbocycles. The molecule has 18 heavy (non-hydrogen) atoms. The molecule has 0 radical (unpaired) electrons. The molecule has 2 aliphatic rings. The summed E-state index contributed by atoms with van der Waals surface area (Å²) >= 11 is 0. The van der Waals surface area contributed by atoms with Crippen molar-refractivity contribution in [1.82, 2.24) is 14.9 Å². The van der Waals surface area contributed by atoms with E-state index < -0.39 is 0 Å². The van der Waals surface area contributed by atoms with Gasteiger partial charge in [0, 0.05) is 24.8 Å². The number of hydrogen-bond donors (Lipinski definition) is 1. The van der Waals surface area contributed by atoms with E-state index in [0.717, 1.165) is 12.5 Å². The van der Waals surface area contributed by atoms with Crippen LogP contribution >= 0.6 is 0 Å². The van der Waals surface area contributed by atoms with Gasteiger partial charge in [0.15, 0.2) is 0 Å². The van der Waals surface area contributed by atoms with E-state index in [1.165, 1.54) is 43.3 Å². The first-order chi connectivity index (χ1) is 8.87. The summed E-state index contributed by atoms with van der Waals surface area (Å²) in [6.45, 7) is 2.14. The second-order valence-electron chi connectivity index (χ2n) is 5.94. The Morgan fingerprint density at radius 3 is 3.00 bits per heavy atom. The SMILES string of the molecule is c1ccn2ncc(CNCC3(C4CC4)CC3)c2c1. The maximum atomic E-state index is 4.37. The van der Waals surface area contributed by atoms with Crippen LogP contribution in [0.1, 0.15) is 31.2 Å². The highest BCUT2D eigenvalue weighted by Gasteiger charge is 2.53. The van der Waals surface area contributed by atoms with Crippen molar-refractivity contribution in [2.45, 2.75) is 32.2 Å². The molecule has 2 saturated carbocycles. The van der Waals surface area contributed by atoms with Crippen LogP contribution in [0.15, 0.2) is 30.6 Å². The number of nitrogens with zero attached hydrogens (tertiary/aromatic N) is 2. The normalized spacial score (nSPS) is 21.3. The average Bonchev–Trinajstić information content (AvgIpc) is 3.28. The number of pyridine rings is 1. The fourth-order valence-corrected chi connectivity index (χ4v) is 3.16. The van der Waals surface area contributed by atoms with Gasteiger partial charge in [0.2, 0.25) is 0 Å². The predicted molar refractivity (Wildman–Crippen MR) is 71.3 cm³/mol. The average molecular weight is 241 g/mol. The highest BCUT2D eigenvalue weighted by atomic mass is 15.2. The largest absolute Gasteiger partial charge is 0.312 e. The quantitative estimate of drug-likeness (QED) is 0.872. The summed E-state index contributed by atoms with van der Waals surface area (Å²) < 4.78 is 1.95. The first-order valence-corrected chi connectivity index (χ1v) is 6.99. The lowest BCUT2D eigenvalue weighted by atomic mass is 10.0. The van der Waals surface area contributed by atoms with Crippen molar-refractivity contribution in [2.24, 2.45) is 11.3 Å². The number of fused-ring (bicyclic) bond motifs is 1. The van der Waals surface area contributed by atoms with Crippen LogP contribution in [0.4, 0.5) is 0 Å². The van der Waals surface area contributed by atoms with E-state index in [2.05, 4.69) is 22.5 Å².